The fourth-order valence-electron chi connectivity index (χ4n) is 1.73. The lowest BCUT2D eigenvalue weighted by atomic mass is 10.1. The normalized spacial score (nSPS) is 13.7. The molecule has 0 saturated carbocycles. The maximum absolute atomic E-state index is 12.7. The molecular formula is C13H15ClF6N2O3S. The number of benzene rings is 1. The van der Waals surface area contributed by atoms with Crippen molar-refractivity contribution in [1.82, 2.24) is 0 Å². The quantitative estimate of drug-likeness (QED) is 0.706. The second-order valence-corrected chi connectivity index (χ2v) is 7.57. The fourth-order valence-corrected chi connectivity index (χ4v) is 2.42. The van der Waals surface area contributed by atoms with Gasteiger partial charge < -0.3 is 11.1 Å². The van der Waals surface area contributed by atoms with Gasteiger partial charge in [-0.05, 0) is 24.6 Å². The van der Waals surface area contributed by atoms with Gasteiger partial charge in [0.05, 0.1) is 22.9 Å². The Morgan fingerprint density at radius 3 is 1.85 bits per heavy atom. The zero-order valence-electron chi connectivity index (χ0n) is 13.1. The highest BCUT2D eigenvalue weighted by Crippen LogP contribution is 2.37. The molecule has 150 valence electrons. The van der Waals surface area contributed by atoms with Crippen molar-refractivity contribution in [2.75, 3.05) is 17.3 Å². The van der Waals surface area contributed by atoms with Gasteiger partial charge in [-0.2, -0.15) is 26.3 Å². The van der Waals surface area contributed by atoms with Crippen molar-refractivity contribution < 1.29 is 39.6 Å². The molecule has 0 saturated heterocycles. The van der Waals surface area contributed by atoms with E-state index in [0.29, 0.717) is 12.1 Å². The fraction of sp³-hybridized carbons (Fsp3) is 0.462. The smallest absolute Gasteiger partial charge is 0.325 e. The van der Waals surface area contributed by atoms with Gasteiger partial charge in [-0.1, -0.05) is 0 Å². The van der Waals surface area contributed by atoms with Crippen molar-refractivity contribution in [3.63, 3.8) is 0 Å². The molecule has 1 aromatic rings. The third-order valence-electron chi connectivity index (χ3n) is 2.99. The first-order valence-electron chi connectivity index (χ1n) is 6.63. The van der Waals surface area contributed by atoms with Crippen LogP contribution in [0.2, 0.25) is 0 Å². The Hall–Kier alpha value is -1.53. The molecule has 1 aromatic carbocycles. The Kier molecular flexibility index (Phi) is 7.94. The number of carbonyl (C=O) groups excluding carboxylic acids is 1. The van der Waals surface area contributed by atoms with E-state index in [-0.39, 0.29) is 24.9 Å². The van der Waals surface area contributed by atoms with E-state index in [1.54, 1.807) is 0 Å². The van der Waals surface area contributed by atoms with Crippen LogP contribution in [0.3, 0.4) is 0 Å². The molecule has 5 nitrogen and oxygen atoms in total. The lowest BCUT2D eigenvalue weighted by molar-refractivity contribution is -0.143. The largest absolute Gasteiger partial charge is 0.416 e. The van der Waals surface area contributed by atoms with Gasteiger partial charge in [-0.15, -0.1) is 12.4 Å². The summed E-state index contributed by atoms with van der Waals surface area (Å²) in [4.78, 5) is 11.8. The minimum absolute atomic E-state index is 0. The molecular weight excluding hydrogens is 414 g/mol. The summed E-state index contributed by atoms with van der Waals surface area (Å²) in [7, 11) is -3.44. The summed E-state index contributed by atoms with van der Waals surface area (Å²) in [6, 6.07) is -0.842. The third kappa shape index (κ3) is 7.79. The Morgan fingerprint density at radius 1 is 1.08 bits per heavy atom. The van der Waals surface area contributed by atoms with Crippen molar-refractivity contribution in [2.45, 2.75) is 24.8 Å². The number of nitrogens with one attached hydrogen (secondary N) is 1. The number of sulfone groups is 1. The van der Waals surface area contributed by atoms with Gasteiger partial charge in [0.1, 0.15) is 9.84 Å². The molecule has 0 aliphatic rings. The standard InChI is InChI=1S/C13H14F6N2O3S.ClH/c1-25(23,24)3-2-10(20)11(22)21-9-5-7(12(14,15)16)4-8(6-9)13(17,18)19;/h4-6,10H,2-3,20H2,1H3,(H,21,22);1H. The lowest BCUT2D eigenvalue weighted by Gasteiger charge is -2.16. The average Bonchev–Trinajstić information content (AvgIpc) is 2.41. The van der Waals surface area contributed by atoms with Gasteiger partial charge in [0.2, 0.25) is 5.91 Å². The maximum Gasteiger partial charge on any atom is 0.416 e. The molecule has 0 radical (unpaired) electrons. The number of amides is 1. The molecule has 26 heavy (non-hydrogen) atoms. The van der Waals surface area contributed by atoms with Gasteiger partial charge in [0.15, 0.2) is 0 Å². The number of carbonyl (C=O) groups is 1. The van der Waals surface area contributed by atoms with Crippen LogP contribution in [-0.2, 0) is 27.0 Å². The number of halogens is 7. The molecule has 1 amide bonds. The van der Waals surface area contributed by atoms with E-state index in [1.807, 2.05) is 5.32 Å². The monoisotopic (exact) mass is 428 g/mol. The van der Waals surface area contributed by atoms with Crippen molar-refractivity contribution in [3.05, 3.63) is 29.3 Å². The molecule has 0 aliphatic heterocycles. The Labute approximate surface area is 151 Å². The Balaban J connectivity index is 0.00000625. The highest BCUT2D eigenvalue weighted by Gasteiger charge is 2.37. The Morgan fingerprint density at radius 2 is 1.50 bits per heavy atom. The minimum atomic E-state index is -5.06. The summed E-state index contributed by atoms with van der Waals surface area (Å²) in [6.07, 6.45) is -9.56. The molecule has 0 spiro atoms. The summed E-state index contributed by atoms with van der Waals surface area (Å²) >= 11 is 0. The first kappa shape index (κ1) is 24.5. The topological polar surface area (TPSA) is 89.3 Å². The molecule has 0 heterocycles. The predicted molar refractivity (Wildman–Crippen MR) is 84.6 cm³/mol. The van der Waals surface area contributed by atoms with Gasteiger partial charge in [-0.3, -0.25) is 4.79 Å². The second kappa shape index (κ2) is 8.44. The van der Waals surface area contributed by atoms with Gasteiger partial charge in [0, 0.05) is 11.9 Å². The lowest BCUT2D eigenvalue weighted by Crippen LogP contribution is -2.37. The van der Waals surface area contributed by atoms with Crippen LogP contribution >= 0.6 is 12.4 Å². The van der Waals surface area contributed by atoms with E-state index in [4.69, 9.17) is 5.73 Å². The van der Waals surface area contributed by atoms with E-state index in [1.165, 1.54) is 0 Å². The van der Waals surface area contributed by atoms with Crippen LogP contribution < -0.4 is 11.1 Å². The second-order valence-electron chi connectivity index (χ2n) is 5.31. The number of nitrogens with two attached hydrogens (primary N) is 1. The number of anilines is 1. The van der Waals surface area contributed by atoms with Crippen LogP contribution in [-0.4, -0.2) is 32.4 Å². The summed E-state index contributed by atoms with van der Waals surface area (Å²) in [5, 5.41) is 1.84. The highest BCUT2D eigenvalue weighted by atomic mass is 35.5. The van der Waals surface area contributed by atoms with Crippen LogP contribution in [0.25, 0.3) is 0 Å². The first-order chi connectivity index (χ1) is 11.1. The van der Waals surface area contributed by atoms with Gasteiger partial charge in [-0.25, -0.2) is 8.42 Å². The molecule has 3 N–H and O–H groups in total. The van der Waals surface area contributed by atoms with E-state index in [9.17, 15) is 39.6 Å². The van der Waals surface area contributed by atoms with E-state index in [2.05, 4.69) is 0 Å². The zero-order chi connectivity index (χ0) is 19.6. The van der Waals surface area contributed by atoms with Crippen LogP contribution in [0.15, 0.2) is 18.2 Å². The minimum Gasteiger partial charge on any atom is -0.325 e. The van der Waals surface area contributed by atoms with Crippen LogP contribution in [0.4, 0.5) is 32.0 Å². The summed E-state index contributed by atoms with van der Waals surface area (Å²) < 4.78 is 98.3. The molecule has 0 aromatic heterocycles. The van der Waals surface area contributed by atoms with E-state index >= 15 is 0 Å². The molecule has 13 heteroatoms. The Bertz CT molecular complexity index is 717. The van der Waals surface area contributed by atoms with Crippen LogP contribution in [0.1, 0.15) is 17.5 Å². The SMILES string of the molecule is CS(=O)(=O)CCC(N)C(=O)Nc1cc(C(F)(F)F)cc(C(F)(F)F)c1.Cl. The zero-order valence-corrected chi connectivity index (χ0v) is 14.7. The molecule has 0 fully saturated rings. The molecule has 1 atom stereocenters. The molecule has 0 aliphatic carbocycles. The summed E-state index contributed by atoms with van der Waals surface area (Å²) in [6.45, 7) is 0. The van der Waals surface area contributed by atoms with Crippen molar-refractivity contribution in [3.8, 4) is 0 Å². The van der Waals surface area contributed by atoms with Crippen LogP contribution in [0.5, 0.6) is 0 Å². The number of alkyl halides is 6. The van der Waals surface area contributed by atoms with Crippen molar-refractivity contribution in [2.24, 2.45) is 5.73 Å². The highest BCUT2D eigenvalue weighted by molar-refractivity contribution is 7.90. The van der Waals surface area contributed by atoms with Crippen molar-refractivity contribution in [1.29, 1.82) is 0 Å². The first-order valence-corrected chi connectivity index (χ1v) is 8.69. The molecule has 1 rings (SSSR count). The number of rotatable bonds is 5. The maximum atomic E-state index is 12.7. The van der Waals surface area contributed by atoms with E-state index in [0.717, 1.165) is 6.26 Å². The van der Waals surface area contributed by atoms with E-state index < -0.39 is 56.7 Å². The molecule has 1 unspecified atom stereocenters. The number of hydrogen-bond donors (Lipinski definition) is 2. The third-order valence-corrected chi connectivity index (χ3v) is 3.97. The molecule has 0 bridgehead atoms. The van der Waals surface area contributed by atoms with Gasteiger partial charge in [0.25, 0.3) is 0 Å². The van der Waals surface area contributed by atoms with Crippen LogP contribution in [0, 0.1) is 0 Å². The summed E-state index contributed by atoms with van der Waals surface area (Å²) in [5.74, 6) is -1.56. The van der Waals surface area contributed by atoms with Gasteiger partial charge >= 0.3 is 12.4 Å². The van der Waals surface area contributed by atoms with Crippen molar-refractivity contribution >= 4 is 33.8 Å². The number of hydrogen-bond acceptors (Lipinski definition) is 4. The summed E-state index contributed by atoms with van der Waals surface area (Å²) in [5.41, 5.74) is 1.46. The predicted octanol–water partition coefficient (Wildman–Crippen LogP) is 2.85. The average molecular weight is 429 g/mol.